The molecule has 5 heteroatoms. The van der Waals surface area contributed by atoms with Gasteiger partial charge in [-0.25, -0.2) is 9.37 Å². The van der Waals surface area contributed by atoms with Crippen molar-refractivity contribution in [2.24, 2.45) is 13.0 Å². The first-order chi connectivity index (χ1) is 13.4. The number of halogens is 1. The molecule has 0 N–H and O–H groups in total. The van der Waals surface area contributed by atoms with Crippen molar-refractivity contribution in [3.8, 4) is 11.5 Å². The molecule has 144 valence electrons. The molecule has 1 atom stereocenters. The predicted octanol–water partition coefficient (Wildman–Crippen LogP) is 5.29. The molecule has 2 aromatic heterocycles. The van der Waals surface area contributed by atoms with Crippen LogP contribution in [0.2, 0.25) is 0 Å². The Balaban J connectivity index is 1.87. The van der Waals surface area contributed by atoms with Crippen LogP contribution < -0.4 is 4.90 Å². The molecule has 2 aromatic carbocycles. The van der Waals surface area contributed by atoms with Crippen molar-refractivity contribution in [3.63, 3.8) is 0 Å². The van der Waals surface area contributed by atoms with E-state index in [1.54, 1.807) is 6.07 Å². The summed E-state index contributed by atoms with van der Waals surface area (Å²) >= 11 is 0. The number of aromatic nitrogens is 3. The monoisotopic (exact) mass is 376 g/mol. The van der Waals surface area contributed by atoms with Crippen LogP contribution in [0.15, 0.2) is 36.4 Å². The van der Waals surface area contributed by atoms with Gasteiger partial charge >= 0.3 is 0 Å². The second kappa shape index (κ2) is 5.84. The highest BCUT2D eigenvalue weighted by atomic mass is 19.1. The molecule has 1 aliphatic rings. The van der Waals surface area contributed by atoms with Gasteiger partial charge in [-0.1, -0.05) is 26.0 Å². The summed E-state index contributed by atoms with van der Waals surface area (Å²) in [5, 5.41) is 1.20. The fraction of sp³-hybridized carbons (Fsp3) is 0.348. The SMILES string of the molecule is Cc1cc(F)c2c(c1)nc(-c1cc3cccc4c3n1C(C(C)C)CN4C)n2C. The zero-order chi connectivity index (χ0) is 19.7. The molecule has 1 unspecified atom stereocenters. The number of likely N-dealkylation sites (N-methyl/N-ethyl adjacent to an activating group) is 1. The second-order valence-electron chi connectivity index (χ2n) is 8.42. The van der Waals surface area contributed by atoms with Crippen molar-refractivity contribution < 1.29 is 4.39 Å². The molecule has 5 rings (SSSR count). The number of anilines is 1. The van der Waals surface area contributed by atoms with Crippen molar-refractivity contribution in [2.45, 2.75) is 26.8 Å². The molecule has 0 bridgehead atoms. The molecule has 0 fully saturated rings. The molecule has 3 heterocycles. The molecular weight excluding hydrogens is 351 g/mol. The quantitative estimate of drug-likeness (QED) is 0.475. The highest BCUT2D eigenvalue weighted by Crippen LogP contribution is 2.42. The van der Waals surface area contributed by atoms with Crippen molar-refractivity contribution >= 4 is 27.6 Å². The van der Waals surface area contributed by atoms with Gasteiger partial charge in [0.1, 0.15) is 11.3 Å². The van der Waals surface area contributed by atoms with Crippen LogP contribution in [-0.4, -0.2) is 27.7 Å². The summed E-state index contributed by atoms with van der Waals surface area (Å²) in [5.41, 5.74) is 5.70. The smallest absolute Gasteiger partial charge is 0.157 e. The summed E-state index contributed by atoms with van der Waals surface area (Å²) in [4.78, 5) is 7.21. The zero-order valence-corrected chi connectivity index (χ0v) is 17.0. The highest BCUT2D eigenvalue weighted by Gasteiger charge is 2.31. The van der Waals surface area contributed by atoms with E-state index in [1.807, 2.05) is 24.6 Å². The molecule has 0 radical (unpaired) electrons. The lowest BCUT2D eigenvalue weighted by Crippen LogP contribution is -2.35. The van der Waals surface area contributed by atoms with Crippen LogP contribution in [0.3, 0.4) is 0 Å². The van der Waals surface area contributed by atoms with Crippen molar-refractivity contribution in [2.75, 3.05) is 18.5 Å². The van der Waals surface area contributed by atoms with Gasteiger partial charge in [0.2, 0.25) is 0 Å². The minimum atomic E-state index is -0.216. The number of fused-ring (bicyclic) bond motifs is 1. The maximum atomic E-state index is 14.7. The van der Waals surface area contributed by atoms with E-state index >= 15 is 0 Å². The number of hydrogen-bond acceptors (Lipinski definition) is 2. The lowest BCUT2D eigenvalue weighted by Gasteiger charge is -2.36. The number of hydrogen-bond donors (Lipinski definition) is 0. The third-order valence-electron chi connectivity index (χ3n) is 6.11. The minimum Gasteiger partial charge on any atom is -0.371 e. The Morgan fingerprint density at radius 2 is 1.89 bits per heavy atom. The largest absolute Gasteiger partial charge is 0.371 e. The predicted molar refractivity (Wildman–Crippen MR) is 113 cm³/mol. The lowest BCUT2D eigenvalue weighted by atomic mass is 10.0. The molecule has 1 aliphatic heterocycles. The second-order valence-corrected chi connectivity index (χ2v) is 8.42. The zero-order valence-electron chi connectivity index (χ0n) is 17.0. The average molecular weight is 376 g/mol. The standard InChI is InChI=1S/C23H25FN4/c1-13(2)20-12-26(4)18-8-6-7-15-11-19(28(20)21(15)18)23-25-17-10-14(3)9-16(24)22(17)27(23)5/h6-11,13,20H,12H2,1-5H3. The van der Waals surface area contributed by atoms with Gasteiger partial charge in [-0.15, -0.1) is 0 Å². The summed E-state index contributed by atoms with van der Waals surface area (Å²) in [7, 11) is 4.07. The topological polar surface area (TPSA) is 26.0 Å². The Morgan fingerprint density at radius 1 is 1.11 bits per heavy atom. The van der Waals surface area contributed by atoms with E-state index in [4.69, 9.17) is 4.98 Å². The van der Waals surface area contributed by atoms with Crippen LogP contribution >= 0.6 is 0 Å². The normalized spacial score (nSPS) is 16.7. The summed E-state index contributed by atoms with van der Waals surface area (Å²) in [6.45, 7) is 7.38. The third kappa shape index (κ3) is 2.25. The first-order valence-electron chi connectivity index (χ1n) is 9.85. The van der Waals surface area contributed by atoms with E-state index < -0.39 is 0 Å². The van der Waals surface area contributed by atoms with E-state index in [1.165, 1.54) is 16.6 Å². The van der Waals surface area contributed by atoms with Crippen molar-refractivity contribution in [1.82, 2.24) is 14.1 Å². The Bertz CT molecular complexity index is 1230. The Morgan fingerprint density at radius 3 is 2.64 bits per heavy atom. The molecule has 0 spiro atoms. The van der Waals surface area contributed by atoms with Crippen molar-refractivity contribution in [3.05, 3.63) is 47.8 Å². The molecule has 0 amide bonds. The number of rotatable bonds is 2. The van der Waals surface area contributed by atoms with E-state index in [9.17, 15) is 4.39 Å². The molecule has 4 aromatic rings. The Labute approximate surface area is 164 Å². The van der Waals surface area contributed by atoms with E-state index in [-0.39, 0.29) is 5.82 Å². The Kier molecular flexibility index (Phi) is 3.60. The first-order valence-corrected chi connectivity index (χ1v) is 9.85. The van der Waals surface area contributed by atoms with Crippen LogP contribution in [0.4, 0.5) is 10.1 Å². The third-order valence-corrected chi connectivity index (χ3v) is 6.11. The number of imidazole rings is 1. The summed E-state index contributed by atoms with van der Waals surface area (Å²) < 4.78 is 19.0. The van der Waals surface area contributed by atoms with E-state index in [0.717, 1.165) is 23.6 Å². The van der Waals surface area contributed by atoms with Crippen LogP contribution in [0, 0.1) is 18.7 Å². The van der Waals surface area contributed by atoms with Crippen LogP contribution in [0.25, 0.3) is 33.5 Å². The molecule has 28 heavy (non-hydrogen) atoms. The maximum absolute atomic E-state index is 14.7. The van der Waals surface area contributed by atoms with Gasteiger partial charge in [-0.05, 0) is 42.7 Å². The van der Waals surface area contributed by atoms with E-state index in [2.05, 4.69) is 54.6 Å². The molecule has 4 nitrogen and oxygen atoms in total. The fourth-order valence-corrected chi connectivity index (χ4v) is 4.72. The van der Waals surface area contributed by atoms with Gasteiger partial charge in [-0.3, -0.25) is 0 Å². The number of aryl methyl sites for hydroxylation is 2. The summed E-state index contributed by atoms with van der Waals surface area (Å²) in [6, 6.07) is 12.5. The van der Waals surface area contributed by atoms with Gasteiger partial charge in [-0.2, -0.15) is 0 Å². The highest BCUT2D eigenvalue weighted by molar-refractivity contribution is 5.97. The average Bonchev–Trinajstić information content (AvgIpc) is 3.16. The number of para-hydroxylation sites is 1. The van der Waals surface area contributed by atoms with Crippen LogP contribution in [0.1, 0.15) is 25.5 Å². The molecule has 0 saturated carbocycles. The van der Waals surface area contributed by atoms with Gasteiger partial charge < -0.3 is 14.0 Å². The molecular formula is C23H25FN4. The lowest BCUT2D eigenvalue weighted by molar-refractivity contribution is 0.384. The molecule has 0 aliphatic carbocycles. The number of benzene rings is 2. The molecule has 0 saturated heterocycles. The Hall–Kier alpha value is -2.82. The van der Waals surface area contributed by atoms with Crippen molar-refractivity contribution in [1.29, 1.82) is 0 Å². The van der Waals surface area contributed by atoms with Crippen LogP contribution in [0.5, 0.6) is 0 Å². The number of nitrogens with zero attached hydrogens (tertiary/aromatic N) is 4. The van der Waals surface area contributed by atoms with E-state index in [0.29, 0.717) is 23.0 Å². The summed E-state index contributed by atoms with van der Waals surface area (Å²) in [5.74, 6) is 1.07. The van der Waals surface area contributed by atoms with Crippen LogP contribution in [-0.2, 0) is 7.05 Å². The van der Waals surface area contributed by atoms with Gasteiger partial charge in [0, 0.05) is 26.0 Å². The van der Waals surface area contributed by atoms with Gasteiger partial charge in [0.15, 0.2) is 5.82 Å². The maximum Gasteiger partial charge on any atom is 0.157 e. The van der Waals surface area contributed by atoms with Gasteiger partial charge in [0.05, 0.1) is 28.5 Å². The first kappa shape index (κ1) is 17.3. The minimum absolute atomic E-state index is 0.216. The summed E-state index contributed by atoms with van der Waals surface area (Å²) in [6.07, 6.45) is 0. The fourth-order valence-electron chi connectivity index (χ4n) is 4.72. The van der Waals surface area contributed by atoms with Gasteiger partial charge in [0.25, 0.3) is 0 Å².